The van der Waals surface area contributed by atoms with Crippen molar-refractivity contribution in [2.24, 2.45) is 0 Å². The van der Waals surface area contributed by atoms with E-state index in [1.54, 1.807) is 11.3 Å². The van der Waals surface area contributed by atoms with Crippen LogP contribution in [0.3, 0.4) is 0 Å². The minimum Gasteiger partial charge on any atom is -0.365 e. The molecular formula is C28H31N7S. The molecule has 0 bridgehead atoms. The third kappa shape index (κ3) is 4.69. The van der Waals surface area contributed by atoms with Gasteiger partial charge in [0.1, 0.15) is 5.69 Å². The molecule has 6 rings (SSSR count). The van der Waals surface area contributed by atoms with Crippen molar-refractivity contribution in [3.05, 3.63) is 65.2 Å². The molecule has 184 valence electrons. The molecule has 1 aliphatic carbocycles. The van der Waals surface area contributed by atoms with E-state index in [0.29, 0.717) is 6.04 Å². The second-order valence-electron chi connectivity index (χ2n) is 9.96. The van der Waals surface area contributed by atoms with Crippen LogP contribution in [0.5, 0.6) is 0 Å². The number of aryl methyl sites for hydroxylation is 1. The summed E-state index contributed by atoms with van der Waals surface area (Å²) in [5, 5.41) is 19.1. The molecule has 36 heavy (non-hydrogen) atoms. The number of piperazine rings is 1. The van der Waals surface area contributed by atoms with Gasteiger partial charge in [0, 0.05) is 44.3 Å². The summed E-state index contributed by atoms with van der Waals surface area (Å²) in [5.74, 6) is 1.03. The first-order valence-corrected chi connectivity index (χ1v) is 13.7. The van der Waals surface area contributed by atoms with Crippen LogP contribution in [0.25, 0.3) is 16.2 Å². The fourth-order valence-corrected chi connectivity index (χ4v) is 6.22. The van der Waals surface area contributed by atoms with Crippen LogP contribution >= 0.6 is 11.3 Å². The smallest absolute Gasteiger partial charge is 0.216 e. The number of aromatic nitrogens is 3. The molecule has 0 atom stereocenters. The Hall–Kier alpha value is -3.41. The maximum absolute atomic E-state index is 9.17. The maximum atomic E-state index is 9.17. The van der Waals surface area contributed by atoms with Crippen LogP contribution in [0.1, 0.15) is 42.4 Å². The zero-order chi connectivity index (χ0) is 24.5. The lowest BCUT2D eigenvalue weighted by Crippen LogP contribution is -2.46. The molecule has 0 spiro atoms. The van der Waals surface area contributed by atoms with Gasteiger partial charge in [-0.3, -0.25) is 4.90 Å². The Kier molecular flexibility index (Phi) is 6.34. The molecule has 1 aliphatic heterocycles. The van der Waals surface area contributed by atoms with Crippen LogP contribution in [0, 0.1) is 18.3 Å². The Morgan fingerprint density at radius 1 is 1.06 bits per heavy atom. The molecule has 1 N–H and O–H groups in total. The number of rotatable bonds is 6. The van der Waals surface area contributed by atoms with Crippen LogP contribution in [-0.4, -0.2) is 51.7 Å². The highest BCUT2D eigenvalue weighted by Crippen LogP contribution is 2.35. The first kappa shape index (κ1) is 23.0. The molecule has 7 nitrogen and oxygen atoms in total. The average molecular weight is 498 g/mol. The highest BCUT2D eigenvalue weighted by molar-refractivity contribution is 7.20. The predicted octanol–water partition coefficient (Wildman–Crippen LogP) is 5.31. The van der Waals surface area contributed by atoms with Crippen molar-refractivity contribution in [1.82, 2.24) is 19.5 Å². The molecule has 2 aliphatic rings. The van der Waals surface area contributed by atoms with E-state index in [1.807, 2.05) is 22.7 Å². The molecule has 2 aromatic carbocycles. The normalized spacial score (nSPS) is 17.1. The summed E-state index contributed by atoms with van der Waals surface area (Å²) in [6.45, 7) is 6.81. The van der Waals surface area contributed by atoms with Gasteiger partial charge in [-0.25, -0.2) is 4.98 Å². The van der Waals surface area contributed by atoms with Crippen LogP contribution in [0.4, 0.5) is 10.9 Å². The van der Waals surface area contributed by atoms with Gasteiger partial charge in [0.15, 0.2) is 5.82 Å². The van der Waals surface area contributed by atoms with Crippen molar-refractivity contribution in [2.45, 2.75) is 45.2 Å². The molecule has 2 aromatic heterocycles. The number of benzene rings is 2. The lowest BCUT2D eigenvalue weighted by Gasteiger charge is -2.34. The summed E-state index contributed by atoms with van der Waals surface area (Å²) < 4.78 is 2.03. The van der Waals surface area contributed by atoms with Crippen LogP contribution in [0.2, 0.25) is 0 Å². The number of anilines is 2. The van der Waals surface area contributed by atoms with Crippen molar-refractivity contribution >= 4 is 27.2 Å². The number of imidazole rings is 1. The summed E-state index contributed by atoms with van der Waals surface area (Å²) >= 11 is 1.68. The zero-order valence-corrected chi connectivity index (χ0v) is 21.5. The molecule has 3 heterocycles. The topological polar surface area (TPSA) is 72.5 Å². The van der Waals surface area contributed by atoms with E-state index in [2.05, 4.69) is 58.4 Å². The standard InChI is InChI=1S/C28H31N7S/c1-20-9-11-23(12-10-20)25-26(30-24-7-2-3-8-24)35-27(31-25)36-28(32-35)34-15-13-33(14-16-34)19-22-6-4-5-21(17-22)18-29/h4-6,9-12,17,24,30H,2-3,7-8,13-16,19H2,1H3. The van der Waals surface area contributed by atoms with Gasteiger partial charge in [0.2, 0.25) is 10.1 Å². The molecule has 4 aromatic rings. The lowest BCUT2D eigenvalue weighted by molar-refractivity contribution is 0.249. The number of hydrogen-bond donors (Lipinski definition) is 1. The molecule has 0 radical (unpaired) electrons. The first-order valence-electron chi connectivity index (χ1n) is 12.9. The minimum absolute atomic E-state index is 0.488. The first-order chi connectivity index (χ1) is 17.7. The van der Waals surface area contributed by atoms with Gasteiger partial charge in [0.25, 0.3) is 0 Å². The highest BCUT2D eigenvalue weighted by atomic mass is 32.1. The Balaban J connectivity index is 1.21. The van der Waals surface area contributed by atoms with Crippen LogP contribution in [0.15, 0.2) is 48.5 Å². The summed E-state index contributed by atoms with van der Waals surface area (Å²) in [4.78, 5) is 10.8. The maximum Gasteiger partial charge on any atom is 0.216 e. The molecule has 1 saturated heterocycles. The molecule has 2 fully saturated rings. The number of fused-ring (bicyclic) bond motifs is 1. The Labute approximate surface area is 216 Å². The van der Waals surface area contributed by atoms with Gasteiger partial charge in [-0.05, 0) is 37.5 Å². The average Bonchev–Trinajstić information content (AvgIpc) is 3.64. The second kappa shape index (κ2) is 9.92. The highest BCUT2D eigenvalue weighted by Gasteiger charge is 2.25. The summed E-state index contributed by atoms with van der Waals surface area (Å²) in [5.41, 5.74) is 5.30. The number of nitrogens with zero attached hydrogens (tertiary/aromatic N) is 6. The number of hydrogen-bond acceptors (Lipinski definition) is 7. The fourth-order valence-electron chi connectivity index (χ4n) is 5.27. The largest absolute Gasteiger partial charge is 0.365 e. The summed E-state index contributed by atoms with van der Waals surface area (Å²) in [6.07, 6.45) is 4.98. The zero-order valence-electron chi connectivity index (χ0n) is 20.7. The van der Waals surface area contributed by atoms with Gasteiger partial charge in [-0.2, -0.15) is 9.78 Å². The minimum atomic E-state index is 0.488. The van der Waals surface area contributed by atoms with E-state index < -0.39 is 0 Å². The van der Waals surface area contributed by atoms with Crippen molar-refractivity contribution in [2.75, 3.05) is 36.4 Å². The van der Waals surface area contributed by atoms with Crippen molar-refractivity contribution in [3.63, 3.8) is 0 Å². The fraction of sp³-hybridized carbons (Fsp3) is 0.393. The lowest BCUT2D eigenvalue weighted by atomic mass is 10.1. The monoisotopic (exact) mass is 497 g/mol. The van der Waals surface area contributed by atoms with E-state index in [9.17, 15) is 5.26 Å². The molecular weight excluding hydrogens is 466 g/mol. The van der Waals surface area contributed by atoms with Gasteiger partial charge in [-0.1, -0.05) is 66.1 Å². The number of nitrogens with one attached hydrogen (secondary N) is 1. The molecule has 0 amide bonds. The van der Waals surface area contributed by atoms with Crippen molar-refractivity contribution < 1.29 is 0 Å². The van der Waals surface area contributed by atoms with Crippen LogP contribution in [-0.2, 0) is 6.54 Å². The van der Waals surface area contributed by atoms with Crippen molar-refractivity contribution in [1.29, 1.82) is 5.26 Å². The van der Waals surface area contributed by atoms with Crippen molar-refractivity contribution in [3.8, 4) is 17.3 Å². The number of nitriles is 1. The van der Waals surface area contributed by atoms with Gasteiger partial charge >= 0.3 is 0 Å². The van der Waals surface area contributed by atoms with Crippen LogP contribution < -0.4 is 10.2 Å². The molecule has 1 saturated carbocycles. The van der Waals surface area contributed by atoms with Gasteiger partial charge < -0.3 is 10.2 Å². The quantitative estimate of drug-likeness (QED) is 0.389. The Morgan fingerprint density at radius 3 is 2.58 bits per heavy atom. The van der Waals surface area contributed by atoms with E-state index in [0.717, 1.165) is 65.5 Å². The van der Waals surface area contributed by atoms with E-state index in [-0.39, 0.29) is 0 Å². The third-order valence-corrected chi connectivity index (χ3v) is 8.29. The van der Waals surface area contributed by atoms with E-state index in [4.69, 9.17) is 10.1 Å². The van der Waals surface area contributed by atoms with Gasteiger partial charge in [0.05, 0.1) is 11.6 Å². The molecule has 8 heteroatoms. The van der Waals surface area contributed by atoms with Gasteiger partial charge in [-0.15, -0.1) is 5.10 Å². The third-order valence-electron chi connectivity index (χ3n) is 7.32. The SMILES string of the molecule is Cc1ccc(-c2nc3sc(N4CCN(Cc5cccc(C#N)c5)CC4)nn3c2NC2CCCC2)cc1. The summed E-state index contributed by atoms with van der Waals surface area (Å²) in [6, 6.07) is 19.3. The second-order valence-corrected chi connectivity index (χ2v) is 10.9. The summed E-state index contributed by atoms with van der Waals surface area (Å²) in [7, 11) is 0. The Bertz CT molecular complexity index is 1380. The predicted molar refractivity (Wildman–Crippen MR) is 146 cm³/mol. The van der Waals surface area contributed by atoms with E-state index >= 15 is 0 Å². The molecule has 0 unspecified atom stereocenters. The Morgan fingerprint density at radius 2 is 1.83 bits per heavy atom. The van der Waals surface area contributed by atoms with E-state index in [1.165, 1.54) is 36.8 Å².